The summed E-state index contributed by atoms with van der Waals surface area (Å²) in [7, 11) is 3.83. The Morgan fingerprint density at radius 2 is 2.05 bits per heavy atom. The average Bonchev–Trinajstić information content (AvgIpc) is 2.76. The van der Waals surface area contributed by atoms with Gasteiger partial charge < -0.3 is 0 Å². The molecule has 1 aromatic carbocycles. The second-order valence-corrected chi connectivity index (χ2v) is 6.02. The van der Waals surface area contributed by atoms with Crippen molar-refractivity contribution in [3.63, 3.8) is 0 Å². The van der Waals surface area contributed by atoms with Gasteiger partial charge in [0.05, 0.1) is 12.8 Å². The highest BCUT2D eigenvalue weighted by Crippen LogP contribution is 2.44. The summed E-state index contributed by atoms with van der Waals surface area (Å²) >= 11 is 0. The lowest BCUT2D eigenvalue weighted by molar-refractivity contribution is 0.117. The summed E-state index contributed by atoms with van der Waals surface area (Å²) in [5, 5.41) is 0. The maximum atomic E-state index is 13.3. The Morgan fingerprint density at radius 1 is 1.32 bits per heavy atom. The number of hydroxylamine groups is 1. The minimum atomic E-state index is -0.192. The molecule has 0 amide bonds. The summed E-state index contributed by atoms with van der Waals surface area (Å²) in [4.78, 5) is 7.62. The van der Waals surface area contributed by atoms with E-state index in [1.165, 1.54) is 17.6 Å². The molecule has 0 radical (unpaired) electrons. The van der Waals surface area contributed by atoms with Crippen molar-refractivity contribution < 1.29 is 9.23 Å². The molecular weight excluding hydrogens is 279 g/mol. The highest BCUT2D eigenvalue weighted by molar-refractivity contribution is 5.75. The number of rotatable bonds is 4. The number of hydrogen-bond donors (Lipinski definition) is 1. The third-order valence-electron chi connectivity index (χ3n) is 4.92. The molecule has 2 aliphatic rings. The Hall–Kier alpha value is -1.65. The van der Waals surface area contributed by atoms with E-state index in [9.17, 15) is 4.39 Å². The third kappa shape index (κ3) is 2.57. The predicted molar refractivity (Wildman–Crippen MR) is 86.4 cm³/mol. The van der Waals surface area contributed by atoms with E-state index in [1.54, 1.807) is 19.2 Å². The third-order valence-corrected chi connectivity index (χ3v) is 4.92. The van der Waals surface area contributed by atoms with Crippen LogP contribution in [0.15, 0.2) is 41.6 Å². The van der Waals surface area contributed by atoms with Gasteiger partial charge >= 0.3 is 0 Å². The van der Waals surface area contributed by atoms with Crippen molar-refractivity contribution in [2.45, 2.75) is 38.3 Å². The lowest BCUT2D eigenvalue weighted by Gasteiger charge is -2.36. The summed E-state index contributed by atoms with van der Waals surface area (Å²) in [5.41, 5.74) is 7.73. The molecule has 1 fully saturated rings. The Labute approximate surface area is 131 Å². The van der Waals surface area contributed by atoms with Crippen LogP contribution in [0.25, 0.3) is 5.57 Å². The zero-order valence-electron chi connectivity index (χ0n) is 13.4. The van der Waals surface area contributed by atoms with Gasteiger partial charge in [0.25, 0.3) is 0 Å². The first kappa shape index (κ1) is 15.3. The second-order valence-electron chi connectivity index (χ2n) is 6.02. The zero-order valence-corrected chi connectivity index (χ0v) is 13.4. The molecule has 22 heavy (non-hydrogen) atoms. The van der Waals surface area contributed by atoms with Gasteiger partial charge in [-0.1, -0.05) is 18.2 Å². The van der Waals surface area contributed by atoms with Gasteiger partial charge in [-0.15, -0.1) is 0 Å². The zero-order chi connectivity index (χ0) is 15.7. The molecule has 2 aliphatic heterocycles. The molecule has 1 N–H and O–H groups in total. The minimum Gasteiger partial charge on any atom is -0.296 e. The number of benzene rings is 1. The molecule has 0 spiro atoms. The van der Waals surface area contributed by atoms with E-state index in [2.05, 4.69) is 23.5 Å². The summed E-state index contributed by atoms with van der Waals surface area (Å²) in [5.74, 6) is -0.192. The maximum Gasteiger partial charge on any atom is 0.123 e. The van der Waals surface area contributed by atoms with Crippen LogP contribution < -0.4 is 5.48 Å². The van der Waals surface area contributed by atoms with Crippen molar-refractivity contribution in [3.05, 3.63) is 53.0 Å². The highest BCUT2D eigenvalue weighted by Gasteiger charge is 2.40. The van der Waals surface area contributed by atoms with Crippen molar-refractivity contribution in [1.29, 1.82) is 0 Å². The van der Waals surface area contributed by atoms with Crippen LogP contribution in [-0.2, 0) is 4.84 Å². The normalized spacial score (nSPS) is 25.7. The van der Waals surface area contributed by atoms with E-state index in [0.717, 1.165) is 24.1 Å². The summed E-state index contributed by atoms with van der Waals surface area (Å²) in [6.07, 6.45) is 5.41. The minimum absolute atomic E-state index is 0.192. The van der Waals surface area contributed by atoms with Crippen molar-refractivity contribution >= 4 is 5.57 Å². The quantitative estimate of drug-likeness (QED) is 0.862. The van der Waals surface area contributed by atoms with Gasteiger partial charge in [0.1, 0.15) is 5.82 Å². The first-order valence-electron chi connectivity index (χ1n) is 7.82. The van der Waals surface area contributed by atoms with Crippen molar-refractivity contribution in [2.75, 3.05) is 14.2 Å². The van der Waals surface area contributed by atoms with E-state index in [-0.39, 0.29) is 5.82 Å². The summed E-state index contributed by atoms with van der Waals surface area (Å²) in [6, 6.07) is 7.82. The number of allylic oxidation sites excluding steroid dienone is 1. The Morgan fingerprint density at radius 3 is 2.68 bits per heavy atom. The molecule has 1 aromatic rings. The van der Waals surface area contributed by atoms with Crippen LogP contribution in [0.4, 0.5) is 4.39 Å². The fourth-order valence-electron chi connectivity index (χ4n) is 3.80. The SMILES string of the molecule is CC=C(NOC)C1=C(c2ccc(F)cc2)CC2CC[C@H]1N2C. The number of halogens is 1. The second kappa shape index (κ2) is 6.23. The van der Waals surface area contributed by atoms with Crippen molar-refractivity contribution in [3.8, 4) is 0 Å². The molecule has 3 nitrogen and oxygen atoms in total. The van der Waals surface area contributed by atoms with Crippen LogP contribution in [0.2, 0.25) is 0 Å². The number of nitrogens with one attached hydrogen (secondary N) is 1. The van der Waals surface area contributed by atoms with Crippen LogP contribution in [0, 0.1) is 5.82 Å². The van der Waals surface area contributed by atoms with E-state index in [4.69, 9.17) is 4.84 Å². The lowest BCUT2D eigenvalue weighted by atomic mass is 9.87. The van der Waals surface area contributed by atoms with E-state index in [1.807, 2.05) is 19.1 Å². The molecule has 0 aromatic heterocycles. The lowest BCUT2D eigenvalue weighted by Crippen LogP contribution is -2.39. The van der Waals surface area contributed by atoms with Gasteiger partial charge in [0.2, 0.25) is 0 Å². The number of fused-ring (bicyclic) bond motifs is 2. The van der Waals surface area contributed by atoms with Crippen molar-refractivity contribution in [1.82, 2.24) is 10.4 Å². The smallest absolute Gasteiger partial charge is 0.123 e. The molecule has 2 bridgehead atoms. The first-order valence-corrected chi connectivity index (χ1v) is 7.82. The van der Waals surface area contributed by atoms with Crippen LogP contribution in [0.5, 0.6) is 0 Å². The average molecular weight is 302 g/mol. The fraction of sp³-hybridized carbons (Fsp3) is 0.444. The number of likely N-dealkylation sites (N-methyl/N-ethyl adjacent to an activating group) is 1. The first-order chi connectivity index (χ1) is 10.7. The van der Waals surface area contributed by atoms with E-state index < -0.39 is 0 Å². The van der Waals surface area contributed by atoms with E-state index >= 15 is 0 Å². The number of nitrogens with zero attached hydrogens (tertiary/aromatic N) is 1. The van der Waals surface area contributed by atoms with Gasteiger partial charge in [-0.25, -0.2) is 4.39 Å². The predicted octanol–water partition coefficient (Wildman–Crippen LogP) is 3.50. The summed E-state index contributed by atoms with van der Waals surface area (Å²) < 4.78 is 13.3. The van der Waals surface area contributed by atoms with Gasteiger partial charge in [0.15, 0.2) is 0 Å². The van der Waals surface area contributed by atoms with Gasteiger partial charge in [0, 0.05) is 12.1 Å². The Kier molecular flexibility index (Phi) is 4.32. The van der Waals surface area contributed by atoms with Gasteiger partial charge in [-0.2, -0.15) is 0 Å². The standard InChI is InChI=1S/C18H23FN2O/c1-4-16(20-22-3)18-15(12-5-7-13(19)8-6-12)11-14-9-10-17(18)21(14)2/h4-8,14,17,20H,9-11H2,1-3H3/t14?,17-/m1/s1. The molecule has 0 saturated carbocycles. The molecule has 2 atom stereocenters. The Bertz CT molecular complexity index is 606. The Balaban J connectivity index is 2.11. The maximum absolute atomic E-state index is 13.3. The molecule has 0 aliphatic carbocycles. The topological polar surface area (TPSA) is 24.5 Å². The van der Waals surface area contributed by atoms with Gasteiger partial charge in [-0.05, 0) is 62.1 Å². The van der Waals surface area contributed by atoms with Crippen LogP contribution in [0.3, 0.4) is 0 Å². The molecular formula is C18H23FN2O. The molecule has 1 saturated heterocycles. The molecule has 4 heteroatoms. The molecule has 1 unspecified atom stereocenters. The summed E-state index contributed by atoms with van der Waals surface area (Å²) in [6.45, 7) is 2.01. The molecule has 3 rings (SSSR count). The monoisotopic (exact) mass is 302 g/mol. The van der Waals surface area contributed by atoms with Crippen molar-refractivity contribution in [2.24, 2.45) is 0 Å². The molecule has 2 heterocycles. The van der Waals surface area contributed by atoms with Crippen LogP contribution in [0.1, 0.15) is 31.7 Å². The van der Waals surface area contributed by atoms with E-state index in [0.29, 0.717) is 12.1 Å². The molecule has 118 valence electrons. The number of hydrogen-bond acceptors (Lipinski definition) is 3. The largest absolute Gasteiger partial charge is 0.296 e. The van der Waals surface area contributed by atoms with Crippen LogP contribution >= 0.6 is 0 Å². The van der Waals surface area contributed by atoms with Crippen LogP contribution in [-0.4, -0.2) is 31.1 Å². The fourth-order valence-corrected chi connectivity index (χ4v) is 3.80. The van der Waals surface area contributed by atoms with Gasteiger partial charge in [-0.3, -0.25) is 15.2 Å². The highest BCUT2D eigenvalue weighted by atomic mass is 19.1.